The number of methoxy groups -OCH3 is 1. The van der Waals surface area contributed by atoms with Gasteiger partial charge in [-0.25, -0.2) is 0 Å². The highest BCUT2D eigenvalue weighted by atomic mass is 16.5. The maximum Gasteiger partial charge on any atom is 0.166 e. The van der Waals surface area contributed by atoms with Crippen LogP contribution >= 0.6 is 0 Å². The molecule has 0 aliphatic carbocycles. The summed E-state index contributed by atoms with van der Waals surface area (Å²) in [5.41, 5.74) is 3.69. The lowest BCUT2D eigenvalue weighted by Crippen LogP contribution is -2.20. The molecule has 3 aromatic carbocycles. The second-order valence-electron chi connectivity index (χ2n) is 7.05. The van der Waals surface area contributed by atoms with Crippen LogP contribution in [0.1, 0.15) is 23.1 Å². The Morgan fingerprint density at radius 2 is 1.46 bits per heavy atom. The topological polar surface area (TPSA) is 21.7 Å². The second-order valence-corrected chi connectivity index (χ2v) is 7.05. The van der Waals surface area contributed by atoms with Gasteiger partial charge in [-0.05, 0) is 43.6 Å². The number of nitrogens with zero attached hydrogens (tertiary/aromatic N) is 1. The Labute approximate surface area is 168 Å². The monoisotopic (exact) mass is 375 g/mol. The largest absolute Gasteiger partial charge is 0.493 e. The van der Waals surface area contributed by atoms with E-state index in [1.54, 1.807) is 7.11 Å². The molecule has 0 aliphatic rings. The van der Waals surface area contributed by atoms with E-state index in [1.165, 1.54) is 5.56 Å². The maximum atomic E-state index is 6.17. The molecule has 28 heavy (non-hydrogen) atoms. The van der Waals surface area contributed by atoms with Crippen LogP contribution in [0.5, 0.6) is 11.5 Å². The molecule has 0 bridgehead atoms. The standard InChI is InChI=1S/C25H29NO2/c1-26(18-10-15-21-11-5-3-6-12-21)19-23-16-9-17-24(27-2)25(23)28-20-22-13-7-4-8-14-22/h3-9,11-14,16-17H,10,15,18-20H2,1-2H3. The fraction of sp³-hybridized carbons (Fsp3) is 0.280. The van der Waals surface area contributed by atoms with Gasteiger partial charge in [-0.1, -0.05) is 72.8 Å². The van der Waals surface area contributed by atoms with Gasteiger partial charge >= 0.3 is 0 Å². The summed E-state index contributed by atoms with van der Waals surface area (Å²) < 4.78 is 11.7. The molecule has 0 N–H and O–H groups in total. The average molecular weight is 376 g/mol. The lowest BCUT2D eigenvalue weighted by Gasteiger charge is -2.20. The SMILES string of the molecule is COc1cccc(CN(C)CCCc2ccccc2)c1OCc1ccccc1. The summed E-state index contributed by atoms with van der Waals surface area (Å²) in [7, 11) is 3.85. The van der Waals surface area contributed by atoms with Gasteiger partial charge in [0.05, 0.1) is 7.11 Å². The molecule has 0 saturated carbocycles. The molecule has 0 fully saturated rings. The van der Waals surface area contributed by atoms with Crippen LogP contribution in [0.3, 0.4) is 0 Å². The van der Waals surface area contributed by atoms with Crippen LogP contribution < -0.4 is 9.47 Å². The highest BCUT2D eigenvalue weighted by molar-refractivity contribution is 5.46. The molecular formula is C25H29NO2. The lowest BCUT2D eigenvalue weighted by atomic mass is 10.1. The molecule has 3 aromatic rings. The number of benzene rings is 3. The summed E-state index contributed by atoms with van der Waals surface area (Å²) in [6, 6.07) is 27.0. The van der Waals surface area contributed by atoms with E-state index in [-0.39, 0.29) is 0 Å². The molecule has 0 atom stereocenters. The van der Waals surface area contributed by atoms with Crippen molar-refractivity contribution in [1.29, 1.82) is 0 Å². The molecule has 3 nitrogen and oxygen atoms in total. The third-order valence-corrected chi connectivity index (χ3v) is 4.79. The van der Waals surface area contributed by atoms with E-state index in [0.717, 1.165) is 48.6 Å². The van der Waals surface area contributed by atoms with E-state index in [1.807, 2.05) is 30.3 Å². The molecule has 0 heterocycles. The van der Waals surface area contributed by atoms with E-state index < -0.39 is 0 Å². The summed E-state index contributed by atoms with van der Waals surface area (Å²) >= 11 is 0. The minimum Gasteiger partial charge on any atom is -0.493 e. The van der Waals surface area contributed by atoms with Gasteiger partial charge < -0.3 is 14.4 Å². The van der Waals surface area contributed by atoms with E-state index in [2.05, 4.69) is 60.5 Å². The summed E-state index contributed by atoms with van der Waals surface area (Å²) in [5.74, 6) is 1.62. The van der Waals surface area contributed by atoms with Gasteiger partial charge in [-0.3, -0.25) is 0 Å². The molecule has 0 spiro atoms. The van der Waals surface area contributed by atoms with Crippen molar-refractivity contribution in [2.24, 2.45) is 0 Å². The summed E-state index contributed by atoms with van der Waals surface area (Å²) in [4.78, 5) is 2.34. The Hall–Kier alpha value is -2.78. The van der Waals surface area contributed by atoms with Crippen LogP contribution in [-0.4, -0.2) is 25.6 Å². The van der Waals surface area contributed by atoms with Crippen molar-refractivity contribution >= 4 is 0 Å². The Balaban J connectivity index is 1.60. The molecule has 0 amide bonds. The van der Waals surface area contributed by atoms with Crippen LogP contribution in [-0.2, 0) is 19.6 Å². The smallest absolute Gasteiger partial charge is 0.166 e. The van der Waals surface area contributed by atoms with Crippen molar-refractivity contribution in [2.45, 2.75) is 26.0 Å². The van der Waals surface area contributed by atoms with E-state index in [4.69, 9.17) is 9.47 Å². The van der Waals surface area contributed by atoms with Crippen molar-refractivity contribution in [2.75, 3.05) is 20.7 Å². The number of hydrogen-bond donors (Lipinski definition) is 0. The zero-order chi connectivity index (χ0) is 19.6. The van der Waals surface area contributed by atoms with Gasteiger partial charge in [-0.15, -0.1) is 0 Å². The third-order valence-electron chi connectivity index (χ3n) is 4.79. The highest BCUT2D eigenvalue weighted by Crippen LogP contribution is 2.32. The first-order valence-electron chi connectivity index (χ1n) is 9.81. The molecule has 146 valence electrons. The van der Waals surface area contributed by atoms with Crippen molar-refractivity contribution < 1.29 is 9.47 Å². The first-order chi connectivity index (χ1) is 13.8. The summed E-state index contributed by atoms with van der Waals surface area (Å²) in [6.07, 6.45) is 2.23. The van der Waals surface area contributed by atoms with Gasteiger partial charge in [0, 0.05) is 12.1 Å². The fourth-order valence-corrected chi connectivity index (χ4v) is 3.31. The zero-order valence-corrected chi connectivity index (χ0v) is 16.8. The summed E-state index contributed by atoms with van der Waals surface area (Å²) in [5, 5.41) is 0. The van der Waals surface area contributed by atoms with Crippen LogP contribution in [0.2, 0.25) is 0 Å². The highest BCUT2D eigenvalue weighted by Gasteiger charge is 2.13. The molecule has 3 rings (SSSR count). The van der Waals surface area contributed by atoms with Gasteiger partial charge in [0.2, 0.25) is 0 Å². The molecule has 0 saturated heterocycles. The lowest BCUT2D eigenvalue weighted by molar-refractivity contribution is 0.268. The normalized spacial score (nSPS) is 10.8. The number of rotatable bonds is 10. The first kappa shape index (κ1) is 20.0. The predicted octanol–water partition coefficient (Wildman–Crippen LogP) is 5.34. The number of para-hydroxylation sites is 1. The first-order valence-corrected chi connectivity index (χ1v) is 9.81. The van der Waals surface area contributed by atoms with Crippen LogP contribution in [0.4, 0.5) is 0 Å². The molecular weight excluding hydrogens is 346 g/mol. The molecule has 0 aromatic heterocycles. The van der Waals surface area contributed by atoms with Gasteiger partial charge in [0.1, 0.15) is 6.61 Å². The second kappa shape index (κ2) is 10.5. The minimum atomic E-state index is 0.534. The van der Waals surface area contributed by atoms with Crippen molar-refractivity contribution in [1.82, 2.24) is 4.90 Å². The fourth-order valence-electron chi connectivity index (χ4n) is 3.31. The van der Waals surface area contributed by atoms with Crippen LogP contribution in [0, 0.1) is 0 Å². The Bertz CT molecular complexity index is 834. The molecule has 0 aliphatic heterocycles. The van der Waals surface area contributed by atoms with Crippen LogP contribution in [0.25, 0.3) is 0 Å². The molecule has 0 radical (unpaired) electrons. The minimum absolute atomic E-state index is 0.534. The van der Waals surface area contributed by atoms with Gasteiger partial charge in [0.25, 0.3) is 0 Å². The quantitative estimate of drug-likeness (QED) is 0.477. The molecule has 3 heteroatoms. The summed E-state index contributed by atoms with van der Waals surface area (Å²) in [6.45, 7) is 2.40. The maximum absolute atomic E-state index is 6.17. The van der Waals surface area contributed by atoms with Gasteiger partial charge in [-0.2, -0.15) is 0 Å². The van der Waals surface area contributed by atoms with Crippen molar-refractivity contribution in [3.8, 4) is 11.5 Å². The Kier molecular flexibility index (Phi) is 7.51. The zero-order valence-electron chi connectivity index (χ0n) is 16.8. The predicted molar refractivity (Wildman–Crippen MR) is 115 cm³/mol. The molecule has 0 unspecified atom stereocenters. The Morgan fingerprint density at radius 3 is 2.14 bits per heavy atom. The number of ether oxygens (including phenoxy) is 2. The van der Waals surface area contributed by atoms with E-state index in [0.29, 0.717) is 6.61 Å². The van der Waals surface area contributed by atoms with E-state index in [9.17, 15) is 0 Å². The average Bonchev–Trinajstić information content (AvgIpc) is 2.74. The van der Waals surface area contributed by atoms with Gasteiger partial charge in [0.15, 0.2) is 11.5 Å². The van der Waals surface area contributed by atoms with Crippen LogP contribution in [0.15, 0.2) is 78.9 Å². The number of hydrogen-bond acceptors (Lipinski definition) is 3. The third kappa shape index (κ3) is 5.86. The van der Waals surface area contributed by atoms with E-state index >= 15 is 0 Å². The Morgan fingerprint density at radius 1 is 0.786 bits per heavy atom. The van der Waals surface area contributed by atoms with Crippen molar-refractivity contribution in [3.05, 3.63) is 95.6 Å². The van der Waals surface area contributed by atoms with Crippen molar-refractivity contribution in [3.63, 3.8) is 0 Å². The number of aryl methyl sites for hydroxylation is 1.